The summed E-state index contributed by atoms with van der Waals surface area (Å²) >= 11 is 0. The fourth-order valence-corrected chi connectivity index (χ4v) is 3.08. The Kier molecular flexibility index (Phi) is 4.18. The van der Waals surface area contributed by atoms with Gasteiger partial charge in [0.15, 0.2) is 5.78 Å². The van der Waals surface area contributed by atoms with Gasteiger partial charge in [-0.1, -0.05) is 39.5 Å². The maximum atomic E-state index is 12.8. The van der Waals surface area contributed by atoms with Gasteiger partial charge in [0, 0.05) is 5.56 Å². The van der Waals surface area contributed by atoms with Crippen molar-refractivity contribution in [1.29, 1.82) is 0 Å². The second-order valence-corrected chi connectivity index (χ2v) is 7.65. The summed E-state index contributed by atoms with van der Waals surface area (Å²) in [6, 6.07) is 9.19. The summed E-state index contributed by atoms with van der Waals surface area (Å²) in [5, 5.41) is 19.9. The van der Waals surface area contributed by atoms with Crippen molar-refractivity contribution in [2.24, 2.45) is 0 Å². The lowest BCUT2D eigenvalue weighted by Gasteiger charge is -2.26. The van der Waals surface area contributed by atoms with Crippen molar-refractivity contribution in [2.45, 2.75) is 40.0 Å². The second kappa shape index (κ2) is 6.09. The summed E-state index contributed by atoms with van der Waals surface area (Å²) in [4.78, 5) is 14.3. The molecule has 0 bridgehead atoms. The van der Waals surface area contributed by atoms with Crippen molar-refractivity contribution >= 4 is 16.8 Å². The van der Waals surface area contributed by atoms with Crippen LogP contribution in [0.2, 0.25) is 0 Å². The molecule has 1 N–H and O–H groups in total. The number of phenolic OH excluding ortho intramolecular Hbond substituents is 1. The molecule has 0 spiro atoms. The minimum Gasteiger partial charge on any atom is -0.507 e. The maximum Gasteiger partial charge on any atom is 0.190 e. The Bertz CT molecular complexity index is 1010. The molecular weight excluding hydrogens is 326 g/mol. The number of aromatic hydroxyl groups is 1. The van der Waals surface area contributed by atoms with Crippen molar-refractivity contribution in [3.05, 3.63) is 59.2 Å². The molecule has 0 saturated heterocycles. The topological polar surface area (TPSA) is 68.0 Å². The largest absolute Gasteiger partial charge is 0.507 e. The average molecular weight is 349 g/mol. The number of benzene rings is 2. The number of aryl methyl sites for hydroxylation is 1. The number of hydrogen-bond donors (Lipinski definition) is 1. The highest BCUT2D eigenvalue weighted by Gasteiger charge is 2.30. The third-order valence-electron chi connectivity index (χ3n) is 4.33. The molecular formula is C21H23N3O2. The molecule has 3 rings (SSSR count). The Balaban J connectivity index is 2.45. The number of allylic oxidation sites excluding steroid dienone is 1. The Hall–Kier alpha value is -2.95. The molecule has 5 nitrogen and oxygen atoms in total. The summed E-state index contributed by atoms with van der Waals surface area (Å²) in [7, 11) is 0. The first-order chi connectivity index (χ1) is 12.1. The second-order valence-electron chi connectivity index (χ2n) is 7.65. The fourth-order valence-electron chi connectivity index (χ4n) is 3.08. The molecule has 0 saturated carbocycles. The lowest BCUT2D eigenvalue weighted by molar-refractivity contribution is 0.103. The van der Waals surface area contributed by atoms with E-state index in [2.05, 4.69) is 16.8 Å². The van der Waals surface area contributed by atoms with Crippen LogP contribution in [0.1, 0.15) is 49.2 Å². The summed E-state index contributed by atoms with van der Waals surface area (Å²) in [5.74, 6) is -0.0259. The van der Waals surface area contributed by atoms with Crippen molar-refractivity contribution < 1.29 is 9.90 Å². The molecule has 1 aromatic heterocycles. The smallest absolute Gasteiger partial charge is 0.190 e. The Morgan fingerprint density at radius 3 is 2.15 bits per heavy atom. The molecule has 5 heteroatoms. The van der Waals surface area contributed by atoms with Gasteiger partial charge in [0.05, 0.1) is 5.56 Å². The van der Waals surface area contributed by atoms with Crippen molar-refractivity contribution in [3.63, 3.8) is 0 Å². The molecule has 26 heavy (non-hydrogen) atoms. The van der Waals surface area contributed by atoms with Crippen LogP contribution in [0, 0.1) is 6.92 Å². The van der Waals surface area contributed by atoms with Crippen LogP contribution in [0.15, 0.2) is 42.5 Å². The molecule has 0 aliphatic rings. The lowest BCUT2D eigenvalue weighted by Crippen LogP contribution is -2.21. The van der Waals surface area contributed by atoms with E-state index in [4.69, 9.17) is 0 Å². The Morgan fingerprint density at radius 1 is 1.15 bits per heavy atom. The van der Waals surface area contributed by atoms with Crippen molar-refractivity contribution in [1.82, 2.24) is 15.0 Å². The minimum absolute atomic E-state index is 0.159. The van der Waals surface area contributed by atoms with Gasteiger partial charge >= 0.3 is 0 Å². The molecule has 2 aromatic carbocycles. The van der Waals surface area contributed by atoms with Crippen LogP contribution in [0.25, 0.3) is 16.7 Å². The number of carbonyl (C=O) groups excluding carboxylic acids is 1. The molecule has 134 valence electrons. The van der Waals surface area contributed by atoms with E-state index < -0.39 is 5.41 Å². The zero-order valence-electron chi connectivity index (χ0n) is 15.8. The van der Waals surface area contributed by atoms with Crippen LogP contribution in [0.5, 0.6) is 5.75 Å². The first kappa shape index (κ1) is 17.9. The van der Waals surface area contributed by atoms with Crippen molar-refractivity contribution in [2.75, 3.05) is 0 Å². The quantitative estimate of drug-likeness (QED) is 0.559. The fraction of sp³-hybridized carbons (Fsp3) is 0.286. The minimum atomic E-state index is -0.421. The van der Waals surface area contributed by atoms with Crippen LogP contribution in [-0.4, -0.2) is 25.9 Å². The first-order valence-electron chi connectivity index (χ1n) is 8.51. The molecule has 0 radical (unpaired) electrons. The maximum absolute atomic E-state index is 12.8. The highest BCUT2D eigenvalue weighted by molar-refractivity contribution is 6.11. The number of aromatic nitrogens is 3. The summed E-state index contributed by atoms with van der Waals surface area (Å²) < 4.78 is 0. The van der Waals surface area contributed by atoms with E-state index in [0.29, 0.717) is 28.0 Å². The monoisotopic (exact) mass is 349 g/mol. The van der Waals surface area contributed by atoms with E-state index in [-0.39, 0.29) is 11.5 Å². The molecule has 0 aliphatic heterocycles. The number of Topliss-reactive ketones (excluding diaryl/α,β-unsaturated/α-hetero) is 1. The molecule has 1 heterocycles. The third-order valence-corrected chi connectivity index (χ3v) is 4.33. The summed E-state index contributed by atoms with van der Waals surface area (Å²) in [6.45, 7) is 13.2. The van der Waals surface area contributed by atoms with E-state index in [1.54, 1.807) is 19.9 Å². The van der Waals surface area contributed by atoms with E-state index in [9.17, 15) is 9.90 Å². The SMILES string of the molecule is C=C(C)C(=O)c1cc(C)c(O)c(C(C)(C)C)c1-n1nc2ccccc2n1. The van der Waals surface area contributed by atoms with Crippen LogP contribution in [0.4, 0.5) is 0 Å². The number of fused-ring (bicyclic) bond motifs is 1. The molecule has 0 atom stereocenters. The van der Waals surface area contributed by atoms with Gasteiger partial charge in [0.25, 0.3) is 0 Å². The van der Waals surface area contributed by atoms with Crippen LogP contribution < -0.4 is 0 Å². The van der Waals surface area contributed by atoms with E-state index in [0.717, 1.165) is 11.0 Å². The normalized spacial score (nSPS) is 11.7. The molecule has 0 fully saturated rings. The zero-order valence-corrected chi connectivity index (χ0v) is 15.8. The van der Waals surface area contributed by atoms with Crippen molar-refractivity contribution in [3.8, 4) is 11.4 Å². The third kappa shape index (κ3) is 2.90. The molecule has 0 unspecified atom stereocenters. The van der Waals surface area contributed by atoms with Gasteiger partial charge < -0.3 is 5.11 Å². The van der Waals surface area contributed by atoms with Crippen LogP contribution >= 0.6 is 0 Å². The average Bonchev–Trinajstić information content (AvgIpc) is 2.98. The number of hydrogen-bond acceptors (Lipinski definition) is 4. The predicted molar refractivity (Wildman–Crippen MR) is 103 cm³/mol. The number of nitrogens with zero attached hydrogens (tertiary/aromatic N) is 3. The van der Waals surface area contributed by atoms with Crippen LogP contribution in [0.3, 0.4) is 0 Å². The number of rotatable bonds is 3. The highest BCUT2D eigenvalue weighted by atomic mass is 16.3. The summed E-state index contributed by atoms with van der Waals surface area (Å²) in [6.07, 6.45) is 0. The lowest BCUT2D eigenvalue weighted by atomic mass is 9.81. The predicted octanol–water partition coefficient (Wildman–Crippen LogP) is 4.49. The van der Waals surface area contributed by atoms with Gasteiger partial charge in [-0.25, -0.2) is 0 Å². The summed E-state index contributed by atoms with van der Waals surface area (Å²) in [5.41, 5.74) is 3.68. The standard InChI is InChI=1S/C21H23N3O2/c1-12(2)19(25)14-11-13(3)20(26)17(21(4,5)6)18(14)24-22-15-9-7-8-10-16(15)23-24/h7-11,26H,1H2,2-6H3. The molecule has 3 aromatic rings. The van der Waals surface area contributed by atoms with Gasteiger partial charge in [0.1, 0.15) is 22.5 Å². The van der Waals surface area contributed by atoms with Gasteiger partial charge in [-0.2, -0.15) is 0 Å². The van der Waals surface area contributed by atoms with E-state index in [1.807, 2.05) is 45.0 Å². The Labute approximate surface area is 153 Å². The Morgan fingerprint density at radius 2 is 1.69 bits per heavy atom. The zero-order chi connectivity index (χ0) is 19.2. The number of ketones is 1. The van der Waals surface area contributed by atoms with Gasteiger partial charge in [0.2, 0.25) is 0 Å². The first-order valence-corrected chi connectivity index (χ1v) is 8.51. The number of carbonyl (C=O) groups is 1. The molecule has 0 amide bonds. The van der Waals surface area contributed by atoms with Gasteiger partial charge in [-0.3, -0.25) is 4.79 Å². The van der Waals surface area contributed by atoms with E-state index in [1.165, 1.54) is 4.80 Å². The van der Waals surface area contributed by atoms with Gasteiger partial charge in [-0.05, 0) is 48.6 Å². The van der Waals surface area contributed by atoms with Gasteiger partial charge in [-0.15, -0.1) is 15.0 Å². The molecule has 0 aliphatic carbocycles. The highest BCUT2D eigenvalue weighted by Crippen LogP contribution is 2.40. The van der Waals surface area contributed by atoms with E-state index >= 15 is 0 Å². The van der Waals surface area contributed by atoms with Crippen LogP contribution in [-0.2, 0) is 5.41 Å². The number of phenols is 1.